The second kappa shape index (κ2) is 26.0. The number of nitrogens with two attached hydrogens (primary N) is 2. The van der Waals surface area contributed by atoms with Crippen molar-refractivity contribution < 1.29 is 23.0 Å². The average molecular weight is 947 g/mol. The van der Waals surface area contributed by atoms with Crippen molar-refractivity contribution in [3.63, 3.8) is 0 Å². The molecular weight excluding hydrogens is 879 g/mol. The number of nitrogens with zero attached hydrogens (tertiary/aromatic N) is 7. The Balaban J connectivity index is 0.000000213. The maximum atomic E-state index is 12.7. The first-order valence-corrected chi connectivity index (χ1v) is 27.1. The van der Waals surface area contributed by atoms with E-state index in [1.165, 1.54) is 0 Å². The van der Waals surface area contributed by atoms with Crippen LogP contribution in [-0.4, -0.2) is 140 Å². The quantitative estimate of drug-likeness (QED) is 0.0586. The molecule has 13 nitrogen and oxygen atoms in total. The number of alkyl halides is 2. The molecule has 0 aliphatic carbocycles. The lowest BCUT2D eigenvalue weighted by molar-refractivity contribution is 0.0894. The Morgan fingerprint density at radius 3 is 1.72 bits per heavy atom. The van der Waals surface area contributed by atoms with E-state index in [4.69, 9.17) is 30.7 Å². The number of aromatic nitrogens is 4. The predicted molar refractivity (Wildman–Crippen MR) is 277 cm³/mol. The standard InChI is InChI=1S/C28H37FN4O2Si.C22H23FN4O.C2H8N2/c1-31(12-11-29)25-8-5-23(6-9-25)7-10-26-19-24-20-27(32-13-15-34-16-14-32)21-30-28(24)33(26)22-35-17-18-36(2,3)4;1-26(9-8-23)20-6-3-17(4-7-20)2-5-19-14-18-15-21(16-24-22(18)25-19)27-10-12-28-13-11-27;3-1-2-4/h5-6,8-9,19-21H,11-18,22H2,1-4H3;3-4,6-7,14-16H,8-13H2,1H3,(H,24,25);1-4H2. The number of H-pyrrole nitrogens is 1. The summed E-state index contributed by atoms with van der Waals surface area (Å²) in [6.45, 7) is 16.0. The van der Waals surface area contributed by atoms with Gasteiger partial charge in [-0.15, -0.1) is 0 Å². The van der Waals surface area contributed by atoms with E-state index in [1.807, 2.05) is 90.9 Å². The molecule has 4 aromatic heterocycles. The van der Waals surface area contributed by atoms with Crippen LogP contribution in [0.15, 0.2) is 85.2 Å². The Morgan fingerprint density at radius 1 is 0.691 bits per heavy atom. The highest BCUT2D eigenvalue weighted by molar-refractivity contribution is 6.76. The third-order valence-corrected chi connectivity index (χ3v) is 13.1. The normalized spacial score (nSPS) is 13.7. The van der Waals surface area contributed by atoms with Crippen LogP contribution in [0.25, 0.3) is 22.1 Å². The van der Waals surface area contributed by atoms with Crippen molar-refractivity contribution in [3.05, 3.63) is 108 Å². The second-order valence-electron chi connectivity index (χ2n) is 17.8. The Hall–Kier alpha value is -5.98. The number of rotatable bonds is 14. The van der Waals surface area contributed by atoms with Crippen molar-refractivity contribution in [2.24, 2.45) is 11.5 Å². The van der Waals surface area contributed by atoms with Gasteiger partial charge in [-0.3, -0.25) is 4.57 Å². The van der Waals surface area contributed by atoms with Gasteiger partial charge >= 0.3 is 0 Å². The van der Waals surface area contributed by atoms with Gasteiger partial charge in [-0.25, -0.2) is 18.7 Å². The smallest absolute Gasteiger partial charge is 0.142 e. The second-order valence-corrected chi connectivity index (χ2v) is 23.4. The summed E-state index contributed by atoms with van der Waals surface area (Å²) in [4.78, 5) is 21.0. The Labute approximate surface area is 401 Å². The third kappa shape index (κ3) is 15.3. The van der Waals surface area contributed by atoms with Crippen molar-refractivity contribution >= 4 is 52.9 Å². The number of pyridine rings is 2. The lowest BCUT2D eigenvalue weighted by Crippen LogP contribution is -2.36. The molecule has 0 bridgehead atoms. The van der Waals surface area contributed by atoms with Gasteiger partial charge in [-0.05, 0) is 90.7 Å². The van der Waals surface area contributed by atoms with Crippen LogP contribution < -0.4 is 31.1 Å². The first-order chi connectivity index (χ1) is 33.0. The van der Waals surface area contributed by atoms with E-state index in [2.05, 4.69) is 85.9 Å². The van der Waals surface area contributed by atoms with Crippen LogP contribution >= 0.6 is 0 Å². The SMILES string of the molecule is CN(CCF)c1ccc(C#Cc2cc3cc(N4CCOCC4)cnc3[nH]2)cc1.CN(CCF)c1ccc(C#Cc2cc3cc(N4CCOCC4)cnc3n2COCC[Si](C)(C)C)cc1.NCCN. The number of halogens is 2. The topological polar surface area (TPSA) is 139 Å². The maximum absolute atomic E-state index is 12.7. The summed E-state index contributed by atoms with van der Waals surface area (Å²) in [6.07, 6.45) is 3.84. The van der Waals surface area contributed by atoms with Gasteiger partial charge in [0.1, 0.15) is 31.4 Å². The van der Waals surface area contributed by atoms with Crippen LogP contribution in [0.1, 0.15) is 22.5 Å². The molecule has 2 aliphatic rings. The third-order valence-electron chi connectivity index (χ3n) is 11.4. The maximum Gasteiger partial charge on any atom is 0.142 e. The van der Waals surface area contributed by atoms with E-state index in [9.17, 15) is 8.78 Å². The summed E-state index contributed by atoms with van der Waals surface area (Å²) >= 11 is 0. The molecule has 2 aliphatic heterocycles. The van der Waals surface area contributed by atoms with E-state index in [0.29, 0.717) is 32.9 Å². The zero-order chi connectivity index (χ0) is 48.3. The van der Waals surface area contributed by atoms with Gasteiger partial charge in [0.15, 0.2) is 0 Å². The van der Waals surface area contributed by atoms with Crippen molar-refractivity contribution in [1.82, 2.24) is 19.5 Å². The number of anilines is 4. The van der Waals surface area contributed by atoms with Crippen LogP contribution in [0.2, 0.25) is 25.7 Å². The van der Waals surface area contributed by atoms with Crippen molar-refractivity contribution in [2.45, 2.75) is 32.4 Å². The van der Waals surface area contributed by atoms with E-state index in [0.717, 1.165) is 133 Å². The van der Waals surface area contributed by atoms with Gasteiger partial charge < -0.3 is 50.3 Å². The minimum absolute atomic E-state index is 0.361. The minimum atomic E-state index is -1.17. The van der Waals surface area contributed by atoms with Gasteiger partial charge in [0, 0.05) is 114 Å². The Bertz CT molecular complexity index is 2600. The van der Waals surface area contributed by atoms with Crippen LogP contribution in [0.4, 0.5) is 31.5 Å². The molecule has 2 aromatic carbocycles. The highest BCUT2D eigenvalue weighted by atomic mass is 28.3. The molecule has 6 aromatic rings. The molecule has 6 heterocycles. The van der Waals surface area contributed by atoms with Crippen LogP contribution in [0.5, 0.6) is 0 Å². The fourth-order valence-electron chi connectivity index (χ4n) is 7.35. The monoisotopic (exact) mass is 947 g/mol. The van der Waals surface area contributed by atoms with E-state index in [-0.39, 0.29) is 13.3 Å². The average Bonchev–Trinajstić information content (AvgIpc) is 3.94. The summed E-state index contributed by atoms with van der Waals surface area (Å²) in [7, 11) is 2.60. The molecule has 0 atom stereocenters. The van der Waals surface area contributed by atoms with E-state index < -0.39 is 8.07 Å². The van der Waals surface area contributed by atoms with Crippen LogP contribution in [-0.2, 0) is 20.9 Å². The molecule has 0 saturated carbocycles. The number of benzene rings is 2. The van der Waals surface area contributed by atoms with E-state index >= 15 is 0 Å². The molecule has 16 heteroatoms. The number of fused-ring (bicyclic) bond motifs is 2. The Morgan fingerprint density at radius 2 is 1.21 bits per heavy atom. The first kappa shape index (κ1) is 51.4. The number of nitrogens with one attached hydrogen (secondary N) is 1. The predicted octanol–water partition coefficient (Wildman–Crippen LogP) is 7.10. The molecule has 0 radical (unpaired) electrons. The molecule has 68 heavy (non-hydrogen) atoms. The summed E-state index contributed by atoms with van der Waals surface area (Å²) in [5.41, 5.74) is 19.2. The Kier molecular flexibility index (Phi) is 19.6. The van der Waals surface area contributed by atoms with Gasteiger partial charge in [0.05, 0.1) is 61.6 Å². The molecule has 8 rings (SSSR count). The van der Waals surface area contributed by atoms with Gasteiger partial charge in [0.25, 0.3) is 0 Å². The fourth-order valence-corrected chi connectivity index (χ4v) is 8.11. The van der Waals surface area contributed by atoms with Gasteiger partial charge in [-0.2, -0.15) is 0 Å². The van der Waals surface area contributed by atoms with Crippen molar-refractivity contribution in [1.29, 1.82) is 0 Å². The number of aromatic amines is 1. The molecule has 0 amide bonds. The summed E-state index contributed by atoms with van der Waals surface area (Å²) in [5.74, 6) is 13.0. The highest BCUT2D eigenvalue weighted by Gasteiger charge is 2.17. The lowest BCUT2D eigenvalue weighted by atomic mass is 10.2. The molecule has 2 fully saturated rings. The molecule has 5 N–H and O–H groups in total. The molecular formula is C52H68F2N10O3Si. The lowest BCUT2D eigenvalue weighted by Gasteiger charge is -2.28. The van der Waals surface area contributed by atoms with Crippen molar-refractivity contribution in [2.75, 3.05) is 132 Å². The van der Waals surface area contributed by atoms with Crippen LogP contribution in [0, 0.1) is 23.7 Å². The number of hydrogen-bond donors (Lipinski definition) is 3. The summed E-state index contributed by atoms with van der Waals surface area (Å²) < 4.78 is 44.2. The van der Waals surface area contributed by atoms with Crippen LogP contribution in [0.3, 0.4) is 0 Å². The van der Waals surface area contributed by atoms with Gasteiger partial charge in [0.2, 0.25) is 0 Å². The van der Waals surface area contributed by atoms with Gasteiger partial charge in [-0.1, -0.05) is 31.5 Å². The molecule has 362 valence electrons. The summed E-state index contributed by atoms with van der Waals surface area (Å²) in [6, 6.07) is 25.3. The zero-order valence-electron chi connectivity index (χ0n) is 40.4. The highest BCUT2D eigenvalue weighted by Crippen LogP contribution is 2.25. The largest absolute Gasteiger partial charge is 0.378 e. The summed E-state index contributed by atoms with van der Waals surface area (Å²) in [5, 5.41) is 2.11. The number of morpholine rings is 2. The van der Waals surface area contributed by atoms with Crippen molar-refractivity contribution in [3.8, 4) is 23.7 Å². The molecule has 2 saturated heterocycles. The number of ether oxygens (including phenoxy) is 3. The first-order valence-electron chi connectivity index (χ1n) is 23.4. The molecule has 0 unspecified atom stereocenters. The fraction of sp³-hybridized carbons (Fsp3) is 0.423. The molecule has 0 spiro atoms. The number of hydrogen-bond acceptors (Lipinski definition) is 11. The zero-order valence-corrected chi connectivity index (χ0v) is 41.4. The minimum Gasteiger partial charge on any atom is -0.378 e. The van der Waals surface area contributed by atoms with E-state index in [1.54, 1.807) is 0 Å².